The number of hydrogen-bond donors (Lipinski definition) is 1. The fraction of sp³-hybridized carbons (Fsp3) is 0.591. The fourth-order valence-corrected chi connectivity index (χ4v) is 5.90. The lowest BCUT2D eigenvalue weighted by atomic mass is 10.0. The standard InChI is InChI=1S/C22H25F6N7O5S/c1-12(31-14-9-30-32-19(36)17(14)22(26,27)28)11-40-5-6-41(38,39)34-3-4-35-16(10-34)20(37)33(2)15-7-13(21(23,24)25)8-29-18(15)35/h7-9,12,16-17H,3-6,10-11H2,1-2H3,(H,32,36)/t12-,16?,17?/m0/s1. The van der Waals surface area contributed by atoms with Crippen LogP contribution in [0.4, 0.5) is 37.8 Å². The van der Waals surface area contributed by atoms with Gasteiger partial charge < -0.3 is 14.5 Å². The van der Waals surface area contributed by atoms with Gasteiger partial charge in [0.2, 0.25) is 10.0 Å². The SMILES string of the molecule is C[C@@H](COCCS(=O)(=O)N1CCN2c3ncc(C(F)(F)F)cc3N(C)C(=O)C2C1)N=C1C=NNC(=O)C1C(F)(F)F. The van der Waals surface area contributed by atoms with Crippen LogP contribution in [0.1, 0.15) is 12.5 Å². The molecule has 0 spiro atoms. The van der Waals surface area contributed by atoms with Crippen molar-refractivity contribution in [2.75, 3.05) is 55.4 Å². The summed E-state index contributed by atoms with van der Waals surface area (Å²) in [7, 11) is -2.67. The molecule has 19 heteroatoms. The van der Waals surface area contributed by atoms with Crippen molar-refractivity contribution in [2.24, 2.45) is 16.0 Å². The number of halogens is 6. The Bertz CT molecular complexity index is 1370. The van der Waals surface area contributed by atoms with Gasteiger partial charge in [-0.25, -0.2) is 18.8 Å². The Kier molecular flexibility index (Phi) is 8.34. The van der Waals surface area contributed by atoms with Gasteiger partial charge in [0.1, 0.15) is 6.04 Å². The number of fused-ring (bicyclic) bond motifs is 3. The van der Waals surface area contributed by atoms with Crippen LogP contribution in [0.5, 0.6) is 0 Å². The predicted octanol–water partition coefficient (Wildman–Crippen LogP) is 1.04. The van der Waals surface area contributed by atoms with Crippen molar-refractivity contribution in [1.82, 2.24) is 14.7 Å². The van der Waals surface area contributed by atoms with Gasteiger partial charge in [0.25, 0.3) is 11.8 Å². The minimum Gasteiger partial charge on any atom is -0.378 e. The van der Waals surface area contributed by atoms with E-state index < -0.39 is 69.2 Å². The van der Waals surface area contributed by atoms with E-state index in [1.54, 1.807) is 5.43 Å². The zero-order chi connectivity index (χ0) is 30.3. The molecule has 0 aliphatic carbocycles. The second-order valence-corrected chi connectivity index (χ2v) is 11.6. The number of pyridine rings is 1. The van der Waals surface area contributed by atoms with Crippen molar-refractivity contribution in [3.8, 4) is 0 Å². The molecule has 12 nitrogen and oxygen atoms in total. The number of anilines is 2. The van der Waals surface area contributed by atoms with E-state index in [1.807, 2.05) is 0 Å². The molecule has 1 saturated heterocycles. The molecule has 3 atom stereocenters. The summed E-state index contributed by atoms with van der Waals surface area (Å²) in [6.07, 6.45) is -8.10. The summed E-state index contributed by atoms with van der Waals surface area (Å²) in [5.74, 6) is -4.83. The molecule has 41 heavy (non-hydrogen) atoms. The van der Waals surface area contributed by atoms with Gasteiger partial charge in [0, 0.05) is 32.9 Å². The first-order valence-corrected chi connectivity index (χ1v) is 13.8. The molecule has 226 valence electrons. The van der Waals surface area contributed by atoms with E-state index >= 15 is 0 Å². The number of hydrogen-bond acceptors (Lipinski definition) is 9. The van der Waals surface area contributed by atoms with Crippen LogP contribution in [-0.2, 0) is 30.5 Å². The quantitative estimate of drug-likeness (QED) is 0.359. The Morgan fingerprint density at radius 2 is 1.90 bits per heavy atom. The number of carbonyl (C=O) groups excluding carboxylic acids is 2. The zero-order valence-corrected chi connectivity index (χ0v) is 22.4. The van der Waals surface area contributed by atoms with E-state index in [2.05, 4.69) is 15.1 Å². The van der Waals surface area contributed by atoms with Gasteiger partial charge in [0.05, 0.1) is 48.2 Å². The normalized spacial score (nSPS) is 23.9. The van der Waals surface area contributed by atoms with Crippen molar-refractivity contribution in [3.63, 3.8) is 0 Å². The number of alkyl halides is 6. The number of nitrogens with zero attached hydrogens (tertiary/aromatic N) is 6. The molecule has 1 aromatic heterocycles. The fourth-order valence-electron chi connectivity index (χ4n) is 4.59. The number of hydrazone groups is 1. The molecular formula is C22H25F6N7O5S. The van der Waals surface area contributed by atoms with Crippen molar-refractivity contribution in [2.45, 2.75) is 31.4 Å². The van der Waals surface area contributed by atoms with E-state index in [9.17, 15) is 44.3 Å². The van der Waals surface area contributed by atoms with Gasteiger partial charge in [0.15, 0.2) is 11.7 Å². The minimum absolute atomic E-state index is 0.000271. The summed E-state index contributed by atoms with van der Waals surface area (Å²) < 4.78 is 111. The second kappa shape index (κ2) is 11.2. The number of aromatic nitrogens is 1. The molecule has 2 amide bonds. The molecule has 1 aromatic rings. The second-order valence-electron chi connectivity index (χ2n) is 9.53. The average Bonchev–Trinajstić information content (AvgIpc) is 2.88. The highest BCUT2D eigenvalue weighted by Crippen LogP contribution is 2.39. The zero-order valence-electron chi connectivity index (χ0n) is 21.6. The highest BCUT2D eigenvalue weighted by molar-refractivity contribution is 7.89. The lowest BCUT2D eigenvalue weighted by molar-refractivity contribution is -0.168. The Morgan fingerprint density at radius 1 is 1.20 bits per heavy atom. The monoisotopic (exact) mass is 613 g/mol. The van der Waals surface area contributed by atoms with E-state index in [1.165, 1.54) is 18.9 Å². The molecule has 1 fully saturated rings. The minimum atomic E-state index is -4.88. The molecule has 2 unspecified atom stereocenters. The van der Waals surface area contributed by atoms with Crippen molar-refractivity contribution < 1.29 is 49.1 Å². The topological polar surface area (TPSA) is 137 Å². The summed E-state index contributed by atoms with van der Waals surface area (Å²) in [5, 5.41) is 3.34. The molecule has 3 aliphatic rings. The van der Waals surface area contributed by atoms with Gasteiger partial charge in [-0.05, 0) is 13.0 Å². The Balaban J connectivity index is 1.35. The van der Waals surface area contributed by atoms with Gasteiger partial charge >= 0.3 is 12.4 Å². The molecule has 0 bridgehead atoms. The van der Waals surface area contributed by atoms with Crippen molar-refractivity contribution >= 4 is 45.3 Å². The molecule has 0 aromatic carbocycles. The number of likely N-dealkylation sites (N-methyl/N-ethyl adjacent to an activating group) is 1. The molecule has 0 saturated carbocycles. The molecule has 1 N–H and O–H groups in total. The smallest absolute Gasteiger partial charge is 0.378 e. The third-order valence-electron chi connectivity index (χ3n) is 6.63. The van der Waals surface area contributed by atoms with E-state index in [0.29, 0.717) is 6.20 Å². The average molecular weight is 614 g/mol. The summed E-state index contributed by atoms with van der Waals surface area (Å²) in [6, 6.07) is -1.05. The third-order valence-corrected chi connectivity index (χ3v) is 8.43. The van der Waals surface area contributed by atoms with Crippen molar-refractivity contribution in [1.29, 1.82) is 0 Å². The number of amides is 2. The maximum Gasteiger partial charge on any atom is 0.417 e. The Hall–Kier alpha value is -3.32. The predicted molar refractivity (Wildman–Crippen MR) is 133 cm³/mol. The number of sulfonamides is 1. The number of rotatable bonds is 7. The van der Waals surface area contributed by atoms with E-state index in [4.69, 9.17) is 4.74 Å². The van der Waals surface area contributed by atoms with Crippen LogP contribution in [-0.4, -0.2) is 105 Å². The van der Waals surface area contributed by atoms with Crippen LogP contribution in [0, 0.1) is 5.92 Å². The van der Waals surface area contributed by atoms with E-state index in [-0.39, 0.29) is 44.4 Å². The highest BCUT2D eigenvalue weighted by Gasteiger charge is 2.49. The number of ether oxygens (including phenoxy) is 1. The van der Waals surface area contributed by atoms with Gasteiger partial charge in [-0.3, -0.25) is 14.6 Å². The van der Waals surface area contributed by atoms with Gasteiger partial charge in [-0.2, -0.15) is 35.7 Å². The molecule has 3 aliphatic heterocycles. The summed E-state index contributed by atoms with van der Waals surface area (Å²) in [5.41, 5.74) is 0.0752. The lowest BCUT2D eigenvalue weighted by Gasteiger charge is -2.46. The molecule has 4 rings (SSSR count). The number of nitrogens with one attached hydrogen (secondary N) is 1. The first-order valence-electron chi connectivity index (χ1n) is 12.1. The van der Waals surface area contributed by atoms with Gasteiger partial charge in [-0.15, -0.1) is 0 Å². The van der Waals surface area contributed by atoms with Crippen molar-refractivity contribution in [3.05, 3.63) is 17.8 Å². The number of carbonyl (C=O) groups is 2. The van der Waals surface area contributed by atoms with Crippen LogP contribution in [0.25, 0.3) is 0 Å². The largest absolute Gasteiger partial charge is 0.417 e. The summed E-state index contributed by atoms with van der Waals surface area (Å²) >= 11 is 0. The Morgan fingerprint density at radius 3 is 2.56 bits per heavy atom. The molecule has 0 radical (unpaired) electrons. The van der Waals surface area contributed by atoms with Crippen LogP contribution < -0.4 is 15.2 Å². The molecule has 4 heterocycles. The first kappa shape index (κ1) is 30.6. The van der Waals surface area contributed by atoms with Crippen LogP contribution in [0.2, 0.25) is 0 Å². The number of piperazine rings is 1. The van der Waals surface area contributed by atoms with Crippen LogP contribution in [0.15, 0.2) is 22.4 Å². The highest BCUT2D eigenvalue weighted by atomic mass is 32.2. The maximum absolute atomic E-state index is 13.2. The third kappa shape index (κ3) is 6.45. The van der Waals surface area contributed by atoms with Crippen LogP contribution >= 0.6 is 0 Å². The first-order chi connectivity index (χ1) is 19.0. The van der Waals surface area contributed by atoms with E-state index in [0.717, 1.165) is 21.5 Å². The van der Waals surface area contributed by atoms with Gasteiger partial charge in [-0.1, -0.05) is 0 Å². The summed E-state index contributed by atoms with van der Waals surface area (Å²) in [4.78, 5) is 34.8. The lowest BCUT2D eigenvalue weighted by Crippen LogP contribution is -2.63. The molecular weight excluding hydrogens is 588 g/mol. The van der Waals surface area contributed by atoms with Crippen LogP contribution in [0.3, 0.4) is 0 Å². The summed E-state index contributed by atoms with van der Waals surface area (Å²) in [6.45, 7) is 0.502. The Labute approximate surface area is 230 Å². The maximum atomic E-state index is 13.2. The number of aliphatic imine (C=N–C) groups is 1.